The normalized spacial score (nSPS) is 13.9. The first-order valence-electron chi connectivity index (χ1n) is 7.55. The molecular formula is C18H24N2O2. The lowest BCUT2D eigenvalue weighted by atomic mass is 10.2. The zero-order chi connectivity index (χ0) is 15.9. The lowest BCUT2D eigenvalue weighted by Crippen LogP contribution is -2.35. The van der Waals surface area contributed by atoms with Gasteiger partial charge >= 0.3 is 0 Å². The van der Waals surface area contributed by atoms with E-state index in [1.54, 1.807) is 6.20 Å². The molecular weight excluding hydrogens is 276 g/mol. The Morgan fingerprint density at radius 3 is 2.59 bits per heavy atom. The molecule has 1 N–H and O–H groups in total. The number of nitrogens with zero attached hydrogens (tertiary/aromatic N) is 2. The lowest BCUT2D eigenvalue weighted by molar-refractivity contribution is 0.0646. The molecule has 2 rings (SSSR count). The van der Waals surface area contributed by atoms with Crippen molar-refractivity contribution in [3.8, 4) is 5.75 Å². The maximum Gasteiger partial charge on any atom is 0.122 e. The third kappa shape index (κ3) is 4.55. The van der Waals surface area contributed by atoms with E-state index in [0.717, 1.165) is 17.0 Å². The highest BCUT2D eigenvalue weighted by molar-refractivity contribution is 5.31. The van der Waals surface area contributed by atoms with Crippen LogP contribution in [0.25, 0.3) is 0 Å². The Hall–Kier alpha value is -1.91. The van der Waals surface area contributed by atoms with Gasteiger partial charge in [0, 0.05) is 18.8 Å². The maximum atomic E-state index is 10.2. The Morgan fingerprint density at radius 1 is 1.18 bits per heavy atom. The van der Waals surface area contributed by atoms with Crippen molar-refractivity contribution in [3.05, 3.63) is 59.9 Å². The maximum absolute atomic E-state index is 10.2. The van der Waals surface area contributed by atoms with Crippen molar-refractivity contribution in [2.75, 3.05) is 20.2 Å². The molecule has 0 saturated heterocycles. The fraction of sp³-hybridized carbons (Fsp3) is 0.389. The molecule has 0 aliphatic rings. The monoisotopic (exact) mass is 300 g/mol. The summed E-state index contributed by atoms with van der Waals surface area (Å²) in [6.07, 6.45) is 1.24. The smallest absolute Gasteiger partial charge is 0.122 e. The van der Waals surface area contributed by atoms with E-state index >= 15 is 0 Å². The summed E-state index contributed by atoms with van der Waals surface area (Å²) in [5.74, 6) is 0.821. The number of ether oxygens (including phenoxy) is 1. The molecule has 1 aromatic heterocycles. The molecule has 2 aromatic rings. The van der Waals surface area contributed by atoms with Gasteiger partial charge in [-0.1, -0.05) is 24.3 Å². The summed E-state index contributed by atoms with van der Waals surface area (Å²) in [5, 5.41) is 10.2. The van der Waals surface area contributed by atoms with E-state index in [2.05, 4.69) is 16.8 Å². The molecule has 4 nitrogen and oxygen atoms in total. The number of hydrogen-bond acceptors (Lipinski definition) is 4. The minimum atomic E-state index is -0.546. The summed E-state index contributed by atoms with van der Waals surface area (Å²) >= 11 is 0. The topological polar surface area (TPSA) is 45.6 Å². The number of rotatable bonds is 7. The lowest BCUT2D eigenvalue weighted by Gasteiger charge is -2.26. The zero-order valence-corrected chi connectivity index (χ0v) is 13.4. The summed E-state index contributed by atoms with van der Waals surface area (Å²) in [4.78, 5) is 6.44. The van der Waals surface area contributed by atoms with E-state index in [4.69, 9.17) is 4.74 Å². The molecule has 1 heterocycles. The first-order valence-corrected chi connectivity index (χ1v) is 7.55. The Balaban J connectivity index is 1.84. The van der Waals surface area contributed by atoms with Crippen LogP contribution in [-0.2, 0) is 0 Å². The number of likely N-dealkylation sites (N-methyl/N-ethyl adjacent to an activating group) is 1. The first-order chi connectivity index (χ1) is 10.6. The van der Waals surface area contributed by atoms with Crippen LogP contribution in [0.2, 0.25) is 0 Å². The van der Waals surface area contributed by atoms with Crippen molar-refractivity contribution in [2.45, 2.75) is 26.0 Å². The van der Waals surface area contributed by atoms with Crippen LogP contribution in [0, 0.1) is 6.92 Å². The second-order valence-corrected chi connectivity index (χ2v) is 5.60. The van der Waals surface area contributed by atoms with Crippen molar-refractivity contribution in [2.24, 2.45) is 0 Å². The Kier molecular flexibility index (Phi) is 5.92. The average Bonchev–Trinajstić information content (AvgIpc) is 2.54. The molecule has 0 aliphatic heterocycles. The van der Waals surface area contributed by atoms with Crippen LogP contribution >= 0.6 is 0 Å². The Morgan fingerprint density at radius 2 is 1.91 bits per heavy atom. The average molecular weight is 300 g/mol. The Bertz CT molecular complexity index is 574. The molecule has 22 heavy (non-hydrogen) atoms. The van der Waals surface area contributed by atoms with Crippen LogP contribution in [0.15, 0.2) is 48.7 Å². The number of para-hydroxylation sites is 1. The van der Waals surface area contributed by atoms with Crippen molar-refractivity contribution < 1.29 is 9.84 Å². The second-order valence-electron chi connectivity index (χ2n) is 5.60. The van der Waals surface area contributed by atoms with Crippen molar-refractivity contribution in [3.63, 3.8) is 0 Å². The highest BCUT2D eigenvalue weighted by Crippen LogP contribution is 2.18. The Labute approximate surface area is 132 Å². The van der Waals surface area contributed by atoms with E-state index in [9.17, 15) is 5.11 Å². The summed E-state index contributed by atoms with van der Waals surface area (Å²) < 4.78 is 5.69. The van der Waals surface area contributed by atoms with E-state index in [1.807, 2.05) is 56.4 Å². The van der Waals surface area contributed by atoms with Crippen molar-refractivity contribution in [1.82, 2.24) is 9.88 Å². The molecule has 0 aliphatic carbocycles. The largest absolute Gasteiger partial charge is 0.491 e. The van der Waals surface area contributed by atoms with E-state index in [0.29, 0.717) is 6.54 Å². The van der Waals surface area contributed by atoms with Crippen molar-refractivity contribution >= 4 is 0 Å². The van der Waals surface area contributed by atoms with Crippen LogP contribution in [0.5, 0.6) is 5.75 Å². The molecule has 2 atom stereocenters. The third-order valence-corrected chi connectivity index (χ3v) is 3.80. The first kappa shape index (κ1) is 16.5. The molecule has 1 aromatic carbocycles. The van der Waals surface area contributed by atoms with Crippen LogP contribution in [0.1, 0.15) is 24.2 Å². The fourth-order valence-corrected chi connectivity index (χ4v) is 2.30. The van der Waals surface area contributed by atoms with Gasteiger partial charge in [0.05, 0.1) is 5.69 Å². The van der Waals surface area contributed by atoms with Gasteiger partial charge in [0.2, 0.25) is 0 Å². The van der Waals surface area contributed by atoms with Gasteiger partial charge in [-0.2, -0.15) is 0 Å². The molecule has 0 spiro atoms. The van der Waals surface area contributed by atoms with Crippen LogP contribution in [0.3, 0.4) is 0 Å². The highest BCUT2D eigenvalue weighted by Gasteiger charge is 2.16. The molecule has 0 saturated carbocycles. The van der Waals surface area contributed by atoms with Crippen molar-refractivity contribution in [1.29, 1.82) is 0 Å². The number of hydrogen-bond donors (Lipinski definition) is 1. The molecule has 118 valence electrons. The van der Waals surface area contributed by atoms with Gasteiger partial charge in [-0.15, -0.1) is 0 Å². The highest BCUT2D eigenvalue weighted by atomic mass is 16.5. The van der Waals surface area contributed by atoms with Crippen LogP contribution in [-0.4, -0.2) is 41.3 Å². The van der Waals surface area contributed by atoms with Gasteiger partial charge in [0.1, 0.15) is 18.5 Å². The van der Waals surface area contributed by atoms with Gasteiger partial charge in [-0.25, -0.2) is 0 Å². The minimum Gasteiger partial charge on any atom is -0.491 e. The van der Waals surface area contributed by atoms with E-state index in [1.165, 1.54) is 0 Å². The predicted octanol–water partition coefficient (Wildman–Crippen LogP) is 2.82. The quantitative estimate of drug-likeness (QED) is 0.854. The number of pyridine rings is 1. The van der Waals surface area contributed by atoms with Crippen LogP contribution in [0.4, 0.5) is 0 Å². The van der Waals surface area contributed by atoms with E-state index < -0.39 is 6.10 Å². The minimum absolute atomic E-state index is 0.148. The third-order valence-electron chi connectivity index (χ3n) is 3.80. The summed E-state index contributed by atoms with van der Waals surface area (Å²) in [5.41, 5.74) is 2.07. The van der Waals surface area contributed by atoms with Gasteiger partial charge in [-0.3, -0.25) is 9.88 Å². The van der Waals surface area contributed by atoms with Gasteiger partial charge in [0.25, 0.3) is 0 Å². The predicted molar refractivity (Wildman–Crippen MR) is 88.0 cm³/mol. The number of aliphatic hydroxyl groups excluding tert-OH is 1. The fourth-order valence-electron chi connectivity index (χ4n) is 2.30. The summed E-state index contributed by atoms with van der Waals surface area (Å²) in [7, 11) is 1.98. The van der Waals surface area contributed by atoms with Gasteiger partial charge in [-0.05, 0) is 44.7 Å². The van der Waals surface area contributed by atoms with Gasteiger partial charge in [0.15, 0.2) is 0 Å². The molecule has 0 bridgehead atoms. The molecule has 0 amide bonds. The number of aliphatic hydroxyl groups is 1. The molecule has 0 fully saturated rings. The number of aryl methyl sites for hydroxylation is 1. The second kappa shape index (κ2) is 7.92. The van der Waals surface area contributed by atoms with E-state index in [-0.39, 0.29) is 12.6 Å². The number of aromatic nitrogens is 1. The van der Waals surface area contributed by atoms with Gasteiger partial charge < -0.3 is 9.84 Å². The molecule has 0 radical (unpaired) electrons. The molecule has 2 unspecified atom stereocenters. The standard InChI is InChI=1S/C18H24N2O2/c1-14-8-4-5-10-18(14)22-13-16(21)12-20(3)15(2)17-9-6-7-11-19-17/h4-11,15-16,21H,12-13H2,1-3H3. The number of benzene rings is 1. The zero-order valence-electron chi connectivity index (χ0n) is 13.4. The molecule has 4 heteroatoms. The summed E-state index contributed by atoms with van der Waals surface area (Å²) in [6.45, 7) is 4.89. The van der Waals surface area contributed by atoms with Crippen LogP contribution < -0.4 is 4.74 Å². The SMILES string of the molecule is Cc1ccccc1OCC(O)CN(C)C(C)c1ccccn1. The summed E-state index contributed by atoms with van der Waals surface area (Å²) in [6, 6.07) is 13.8.